The van der Waals surface area contributed by atoms with Crippen LogP contribution in [0.1, 0.15) is 62.5 Å². The first-order valence-electron chi connectivity index (χ1n) is 12.7. The molecule has 0 spiro atoms. The van der Waals surface area contributed by atoms with Crippen molar-refractivity contribution < 1.29 is 23.6 Å². The van der Waals surface area contributed by atoms with Crippen LogP contribution in [0.3, 0.4) is 0 Å². The number of amides is 3. The van der Waals surface area contributed by atoms with Gasteiger partial charge in [0.2, 0.25) is 11.8 Å². The van der Waals surface area contributed by atoms with E-state index in [1.165, 1.54) is 6.07 Å². The number of hydrogen-bond donors (Lipinski definition) is 3. The van der Waals surface area contributed by atoms with Crippen molar-refractivity contribution in [3.63, 3.8) is 0 Å². The zero-order chi connectivity index (χ0) is 25.9. The summed E-state index contributed by atoms with van der Waals surface area (Å²) >= 11 is 0. The molecule has 1 saturated carbocycles. The van der Waals surface area contributed by atoms with Crippen LogP contribution in [0.5, 0.6) is 0 Å². The molecule has 3 amide bonds. The van der Waals surface area contributed by atoms with Crippen molar-refractivity contribution in [1.29, 1.82) is 0 Å². The van der Waals surface area contributed by atoms with Gasteiger partial charge in [0.05, 0.1) is 11.6 Å². The van der Waals surface area contributed by atoms with Crippen LogP contribution in [0.25, 0.3) is 10.9 Å². The van der Waals surface area contributed by atoms with Gasteiger partial charge in [-0.05, 0) is 53.7 Å². The van der Waals surface area contributed by atoms with Gasteiger partial charge in [0, 0.05) is 24.4 Å². The van der Waals surface area contributed by atoms with E-state index in [4.69, 9.17) is 0 Å². The zero-order valence-corrected chi connectivity index (χ0v) is 21.1. The van der Waals surface area contributed by atoms with Crippen molar-refractivity contribution in [2.75, 3.05) is 13.1 Å². The van der Waals surface area contributed by atoms with E-state index in [0.717, 1.165) is 5.56 Å². The number of H-pyrrole nitrogens is 1. The molecule has 2 aromatic rings. The number of hydrogen-bond acceptors (Lipinski definition) is 4. The van der Waals surface area contributed by atoms with Crippen molar-refractivity contribution in [2.24, 2.45) is 23.2 Å². The van der Waals surface area contributed by atoms with Gasteiger partial charge in [0.15, 0.2) is 0 Å². The Morgan fingerprint density at radius 1 is 1.31 bits per heavy atom. The molecule has 3 fully saturated rings. The van der Waals surface area contributed by atoms with E-state index >= 15 is 0 Å². The number of rotatable bonds is 7. The Balaban J connectivity index is 1.40. The van der Waals surface area contributed by atoms with Gasteiger partial charge < -0.3 is 25.3 Å². The van der Waals surface area contributed by atoms with Gasteiger partial charge >= 0.3 is 0 Å². The number of aldehydes is 1. The van der Waals surface area contributed by atoms with Crippen LogP contribution in [0.15, 0.2) is 18.2 Å². The second-order valence-corrected chi connectivity index (χ2v) is 11.4. The smallest absolute Gasteiger partial charge is 0.271 e. The number of piperidine rings is 1. The van der Waals surface area contributed by atoms with Gasteiger partial charge in [0.25, 0.3) is 5.91 Å². The highest BCUT2D eigenvalue weighted by Crippen LogP contribution is 2.65. The molecule has 2 saturated heterocycles. The molecule has 1 aromatic carbocycles. The number of carbonyl (C=O) groups is 4. The molecule has 5 rings (SSSR count). The number of aromatic nitrogens is 1. The van der Waals surface area contributed by atoms with Crippen molar-refractivity contribution in [3.8, 4) is 0 Å². The van der Waals surface area contributed by atoms with Gasteiger partial charge in [-0.1, -0.05) is 33.8 Å². The fourth-order valence-electron chi connectivity index (χ4n) is 6.37. The highest BCUT2D eigenvalue weighted by molar-refractivity contribution is 6.02. The monoisotopic (exact) mass is 496 g/mol. The fourth-order valence-corrected chi connectivity index (χ4v) is 6.37. The van der Waals surface area contributed by atoms with Crippen LogP contribution >= 0.6 is 0 Å². The molecule has 2 aliphatic heterocycles. The number of nitrogens with one attached hydrogen (secondary N) is 3. The third-order valence-electron chi connectivity index (χ3n) is 8.56. The molecule has 9 heteroatoms. The lowest BCUT2D eigenvalue weighted by atomic mass is 9.97. The fraction of sp³-hybridized carbons (Fsp3) is 0.556. The Hall–Kier alpha value is -3.23. The molecule has 3 N–H and O–H groups in total. The van der Waals surface area contributed by atoms with Gasteiger partial charge in [-0.3, -0.25) is 14.4 Å². The minimum absolute atomic E-state index is 0.0316. The molecule has 1 aromatic heterocycles. The Kier molecular flexibility index (Phi) is 5.92. The van der Waals surface area contributed by atoms with Crippen LogP contribution < -0.4 is 10.6 Å². The average Bonchev–Trinajstić information content (AvgIpc) is 3.35. The number of halogens is 1. The number of carbonyl (C=O) groups excluding carboxylic acids is 4. The SMILES string of the molecule is CC(C)c1ccc(F)c2[nH]c(C(=O)N3C[C@H]4[C@@H]([C@H]3C(=O)N[C@H](C=O)C[C@@H]3CCNC3=O)C4(C)C)cc12. The molecule has 3 heterocycles. The quantitative estimate of drug-likeness (QED) is 0.512. The van der Waals surface area contributed by atoms with Gasteiger partial charge in [0.1, 0.15) is 23.8 Å². The molecule has 0 radical (unpaired) electrons. The maximum absolute atomic E-state index is 14.6. The minimum Gasteiger partial charge on any atom is -0.356 e. The van der Waals surface area contributed by atoms with E-state index in [9.17, 15) is 23.6 Å². The summed E-state index contributed by atoms with van der Waals surface area (Å²) in [6.45, 7) is 9.16. The first kappa shape index (κ1) is 24.5. The summed E-state index contributed by atoms with van der Waals surface area (Å²) in [5, 5.41) is 6.21. The summed E-state index contributed by atoms with van der Waals surface area (Å²) in [6, 6.07) is 3.26. The van der Waals surface area contributed by atoms with E-state index in [0.29, 0.717) is 31.2 Å². The topological polar surface area (TPSA) is 111 Å². The third-order valence-corrected chi connectivity index (χ3v) is 8.56. The zero-order valence-electron chi connectivity index (χ0n) is 21.1. The third kappa shape index (κ3) is 3.89. The van der Waals surface area contributed by atoms with Crippen molar-refractivity contribution in [3.05, 3.63) is 35.3 Å². The Morgan fingerprint density at radius 2 is 2.06 bits per heavy atom. The second-order valence-electron chi connectivity index (χ2n) is 11.4. The van der Waals surface area contributed by atoms with Crippen molar-refractivity contribution in [2.45, 2.75) is 58.5 Å². The molecule has 0 bridgehead atoms. The number of likely N-dealkylation sites (tertiary alicyclic amines) is 1. The standard InChI is InChI=1S/C27H33FN4O4/c1-13(2)16-5-6-19(28)22-17(16)10-20(31-22)26(36)32-11-18-21(27(18,3)4)23(32)25(35)30-15(12-33)9-14-7-8-29-24(14)34/h5-6,10,12-15,18,21,23,31H,7-9,11H2,1-4H3,(H,29,34)(H,30,35)/t14-,15-,18-,21-,23-/m0/s1. The van der Waals surface area contributed by atoms with Gasteiger partial charge in [-0.15, -0.1) is 0 Å². The highest BCUT2D eigenvalue weighted by atomic mass is 19.1. The summed E-state index contributed by atoms with van der Waals surface area (Å²) in [4.78, 5) is 55.3. The van der Waals surface area contributed by atoms with Crippen LogP contribution in [0, 0.1) is 29.0 Å². The van der Waals surface area contributed by atoms with Gasteiger partial charge in [-0.2, -0.15) is 0 Å². The summed E-state index contributed by atoms with van der Waals surface area (Å²) < 4.78 is 14.6. The molecular weight excluding hydrogens is 463 g/mol. The van der Waals surface area contributed by atoms with Crippen LogP contribution in [0.2, 0.25) is 0 Å². The first-order chi connectivity index (χ1) is 17.0. The number of aromatic amines is 1. The lowest BCUT2D eigenvalue weighted by Gasteiger charge is -2.30. The molecular formula is C27H33FN4O4. The maximum atomic E-state index is 14.6. The van der Waals surface area contributed by atoms with Crippen molar-refractivity contribution >= 4 is 34.9 Å². The predicted molar refractivity (Wildman–Crippen MR) is 132 cm³/mol. The molecule has 0 unspecified atom stereocenters. The lowest BCUT2D eigenvalue weighted by Crippen LogP contribution is -2.52. The van der Waals surface area contributed by atoms with E-state index in [1.54, 1.807) is 17.0 Å². The number of benzene rings is 1. The van der Waals surface area contributed by atoms with E-state index < -0.39 is 17.9 Å². The van der Waals surface area contributed by atoms with E-state index in [2.05, 4.69) is 29.5 Å². The minimum atomic E-state index is -0.806. The number of fused-ring (bicyclic) bond motifs is 2. The molecule has 5 atom stereocenters. The lowest BCUT2D eigenvalue weighted by molar-refractivity contribution is -0.129. The Bertz CT molecular complexity index is 1250. The summed E-state index contributed by atoms with van der Waals surface area (Å²) in [5.74, 6) is -1.32. The van der Waals surface area contributed by atoms with Gasteiger partial charge in [-0.25, -0.2) is 4.39 Å². The van der Waals surface area contributed by atoms with Crippen LogP contribution in [-0.2, 0) is 14.4 Å². The predicted octanol–water partition coefficient (Wildman–Crippen LogP) is 2.74. The summed E-state index contributed by atoms with van der Waals surface area (Å²) in [7, 11) is 0. The molecule has 36 heavy (non-hydrogen) atoms. The van der Waals surface area contributed by atoms with E-state index in [1.807, 2.05) is 13.8 Å². The summed E-state index contributed by atoms with van der Waals surface area (Å²) in [6.07, 6.45) is 1.52. The molecule has 3 aliphatic rings. The Morgan fingerprint density at radius 3 is 2.69 bits per heavy atom. The van der Waals surface area contributed by atoms with Crippen LogP contribution in [0.4, 0.5) is 4.39 Å². The van der Waals surface area contributed by atoms with E-state index in [-0.39, 0.29) is 64.4 Å². The largest absolute Gasteiger partial charge is 0.356 e. The Labute approximate surface area is 209 Å². The average molecular weight is 497 g/mol. The highest BCUT2D eigenvalue weighted by Gasteiger charge is 2.69. The molecule has 192 valence electrons. The normalized spacial score (nSPS) is 27.2. The maximum Gasteiger partial charge on any atom is 0.271 e. The number of nitrogens with zero attached hydrogens (tertiary/aromatic N) is 1. The van der Waals surface area contributed by atoms with Crippen LogP contribution in [-0.4, -0.2) is 59.1 Å². The second kappa shape index (κ2) is 8.71. The first-order valence-corrected chi connectivity index (χ1v) is 12.7. The molecule has 1 aliphatic carbocycles. The van der Waals surface area contributed by atoms with Crippen molar-refractivity contribution in [1.82, 2.24) is 20.5 Å². The summed E-state index contributed by atoms with van der Waals surface area (Å²) in [5.41, 5.74) is 1.36. The molecule has 8 nitrogen and oxygen atoms in total.